The van der Waals surface area contributed by atoms with E-state index in [9.17, 15) is 13.2 Å². The van der Waals surface area contributed by atoms with Crippen molar-refractivity contribution in [3.63, 3.8) is 0 Å². The van der Waals surface area contributed by atoms with E-state index in [4.69, 9.17) is 5.73 Å². The minimum atomic E-state index is -4.41. The van der Waals surface area contributed by atoms with Crippen molar-refractivity contribution >= 4 is 11.3 Å². The number of aromatic nitrogens is 2. The third-order valence-electron chi connectivity index (χ3n) is 1.44. The van der Waals surface area contributed by atoms with Crippen molar-refractivity contribution in [2.45, 2.75) is 25.6 Å². The maximum absolute atomic E-state index is 12.0. The van der Waals surface area contributed by atoms with Crippen molar-refractivity contribution in [3.05, 3.63) is 10.0 Å². The zero-order valence-corrected chi connectivity index (χ0v) is 7.61. The van der Waals surface area contributed by atoms with E-state index in [1.807, 2.05) is 0 Å². The van der Waals surface area contributed by atoms with Gasteiger partial charge in [0.1, 0.15) is 5.01 Å². The Bertz CT molecular complexity index is 283. The zero-order valence-electron chi connectivity index (χ0n) is 6.80. The van der Waals surface area contributed by atoms with Crippen LogP contribution in [0.3, 0.4) is 0 Å². The fourth-order valence-electron chi connectivity index (χ4n) is 0.674. The lowest BCUT2D eigenvalue weighted by atomic mass is 10.3. The van der Waals surface area contributed by atoms with Gasteiger partial charge in [0.05, 0.1) is 6.04 Å². The largest absolute Gasteiger partial charge is 0.445 e. The summed E-state index contributed by atoms with van der Waals surface area (Å²) in [6.07, 6.45) is -3.87. The molecular weight excluding hydrogens is 203 g/mol. The first kappa shape index (κ1) is 10.4. The Labute approximate surface area is 76.8 Å². The molecule has 1 rings (SSSR count). The second kappa shape index (κ2) is 3.59. The monoisotopic (exact) mass is 211 g/mol. The summed E-state index contributed by atoms with van der Waals surface area (Å²) in [7, 11) is 0. The number of halogens is 3. The third kappa shape index (κ3) is 2.38. The van der Waals surface area contributed by atoms with Gasteiger partial charge in [-0.1, -0.05) is 18.3 Å². The summed E-state index contributed by atoms with van der Waals surface area (Å²) < 4.78 is 36.1. The molecule has 1 heterocycles. The van der Waals surface area contributed by atoms with Gasteiger partial charge in [-0.25, -0.2) is 0 Å². The number of nitrogens with zero attached hydrogens (tertiary/aromatic N) is 2. The van der Waals surface area contributed by atoms with Crippen LogP contribution in [0.15, 0.2) is 0 Å². The van der Waals surface area contributed by atoms with Gasteiger partial charge in [0, 0.05) is 0 Å². The summed E-state index contributed by atoms with van der Waals surface area (Å²) in [5.41, 5.74) is 5.49. The van der Waals surface area contributed by atoms with E-state index < -0.39 is 17.2 Å². The van der Waals surface area contributed by atoms with Crippen LogP contribution < -0.4 is 5.73 Å². The molecule has 0 aliphatic carbocycles. The first-order chi connectivity index (χ1) is 5.95. The first-order valence-electron chi connectivity index (χ1n) is 3.61. The molecule has 7 heteroatoms. The van der Waals surface area contributed by atoms with Crippen LogP contribution in [0.1, 0.15) is 29.4 Å². The molecule has 74 valence electrons. The second-order valence-electron chi connectivity index (χ2n) is 2.46. The predicted molar refractivity (Wildman–Crippen MR) is 42.1 cm³/mol. The molecule has 0 aliphatic rings. The van der Waals surface area contributed by atoms with Crippen LogP contribution in [0.25, 0.3) is 0 Å². The van der Waals surface area contributed by atoms with E-state index in [0.29, 0.717) is 17.8 Å². The molecule has 2 N–H and O–H groups in total. The normalized spacial score (nSPS) is 14.5. The minimum absolute atomic E-state index is 0.231. The standard InChI is InChI=1S/C6H8F3N3S/c1-2-3(10)4-11-12-5(13-4)6(7,8)9/h3H,2,10H2,1H3. The van der Waals surface area contributed by atoms with Gasteiger partial charge in [-0.15, -0.1) is 10.2 Å². The Morgan fingerprint density at radius 1 is 1.46 bits per heavy atom. The highest BCUT2D eigenvalue weighted by Gasteiger charge is 2.35. The number of nitrogens with two attached hydrogens (primary N) is 1. The van der Waals surface area contributed by atoms with Crippen LogP contribution in [0.4, 0.5) is 13.2 Å². The lowest BCUT2D eigenvalue weighted by Gasteiger charge is -2.01. The molecule has 0 saturated heterocycles. The molecule has 1 atom stereocenters. The SMILES string of the molecule is CCC(N)c1nnc(C(F)(F)F)s1. The Morgan fingerprint density at radius 2 is 2.08 bits per heavy atom. The highest BCUT2D eigenvalue weighted by molar-refractivity contribution is 7.11. The molecule has 13 heavy (non-hydrogen) atoms. The van der Waals surface area contributed by atoms with Crippen molar-refractivity contribution in [2.75, 3.05) is 0 Å². The van der Waals surface area contributed by atoms with Gasteiger partial charge < -0.3 is 5.73 Å². The molecule has 0 radical (unpaired) electrons. The fraction of sp³-hybridized carbons (Fsp3) is 0.667. The van der Waals surface area contributed by atoms with Gasteiger partial charge in [0.15, 0.2) is 0 Å². The molecule has 3 nitrogen and oxygen atoms in total. The Balaban J connectivity index is 2.87. The average molecular weight is 211 g/mol. The summed E-state index contributed by atoms with van der Waals surface area (Å²) in [5, 5.41) is 5.69. The van der Waals surface area contributed by atoms with Crippen LogP contribution in [0, 0.1) is 0 Å². The Hall–Kier alpha value is -0.690. The molecular formula is C6H8F3N3S. The van der Waals surface area contributed by atoms with Crippen molar-refractivity contribution in [1.29, 1.82) is 0 Å². The van der Waals surface area contributed by atoms with E-state index in [-0.39, 0.29) is 5.01 Å². The molecule has 0 aliphatic heterocycles. The van der Waals surface area contributed by atoms with Crippen LogP contribution in [-0.4, -0.2) is 10.2 Å². The number of hydrogen-bond acceptors (Lipinski definition) is 4. The lowest BCUT2D eigenvalue weighted by Crippen LogP contribution is -2.07. The van der Waals surface area contributed by atoms with E-state index in [2.05, 4.69) is 10.2 Å². The third-order valence-corrected chi connectivity index (χ3v) is 2.54. The molecule has 0 spiro atoms. The molecule has 1 aromatic heterocycles. The second-order valence-corrected chi connectivity index (χ2v) is 3.47. The minimum Gasteiger partial charge on any atom is -0.322 e. The quantitative estimate of drug-likeness (QED) is 0.813. The van der Waals surface area contributed by atoms with E-state index in [0.717, 1.165) is 0 Å². The topological polar surface area (TPSA) is 51.8 Å². The maximum atomic E-state index is 12.0. The van der Waals surface area contributed by atoms with Crippen molar-refractivity contribution in [3.8, 4) is 0 Å². The van der Waals surface area contributed by atoms with E-state index in [1.54, 1.807) is 6.92 Å². The fourth-order valence-corrected chi connectivity index (χ4v) is 1.47. The molecule has 1 aromatic rings. The van der Waals surface area contributed by atoms with E-state index in [1.165, 1.54) is 0 Å². The van der Waals surface area contributed by atoms with Gasteiger partial charge in [0.25, 0.3) is 0 Å². The molecule has 0 amide bonds. The highest BCUT2D eigenvalue weighted by atomic mass is 32.1. The maximum Gasteiger partial charge on any atom is 0.445 e. The van der Waals surface area contributed by atoms with Crippen LogP contribution in [0.2, 0.25) is 0 Å². The van der Waals surface area contributed by atoms with Crippen LogP contribution in [-0.2, 0) is 6.18 Å². The molecule has 0 saturated carbocycles. The van der Waals surface area contributed by atoms with Crippen molar-refractivity contribution in [1.82, 2.24) is 10.2 Å². The summed E-state index contributed by atoms with van der Waals surface area (Å²) in [6.45, 7) is 1.78. The average Bonchev–Trinajstić information content (AvgIpc) is 2.50. The van der Waals surface area contributed by atoms with Gasteiger partial charge in [0.2, 0.25) is 5.01 Å². The smallest absolute Gasteiger partial charge is 0.322 e. The Morgan fingerprint density at radius 3 is 2.46 bits per heavy atom. The van der Waals surface area contributed by atoms with Gasteiger partial charge in [-0.3, -0.25) is 0 Å². The summed E-state index contributed by atoms with van der Waals surface area (Å²) in [6, 6.07) is -0.450. The number of alkyl halides is 3. The van der Waals surface area contributed by atoms with Gasteiger partial charge >= 0.3 is 6.18 Å². The molecule has 0 aromatic carbocycles. The van der Waals surface area contributed by atoms with E-state index >= 15 is 0 Å². The Kier molecular flexibility index (Phi) is 2.87. The highest BCUT2D eigenvalue weighted by Crippen LogP contribution is 2.32. The van der Waals surface area contributed by atoms with Crippen LogP contribution in [0.5, 0.6) is 0 Å². The first-order valence-corrected chi connectivity index (χ1v) is 4.43. The van der Waals surface area contributed by atoms with Crippen molar-refractivity contribution < 1.29 is 13.2 Å². The lowest BCUT2D eigenvalue weighted by molar-refractivity contribution is -0.138. The number of rotatable bonds is 2. The molecule has 0 fully saturated rings. The van der Waals surface area contributed by atoms with Crippen molar-refractivity contribution in [2.24, 2.45) is 5.73 Å². The predicted octanol–water partition coefficient (Wildman–Crippen LogP) is 1.97. The number of hydrogen-bond donors (Lipinski definition) is 1. The molecule has 1 unspecified atom stereocenters. The summed E-state index contributed by atoms with van der Waals surface area (Å²) in [5.74, 6) is 0. The zero-order chi connectivity index (χ0) is 10.1. The summed E-state index contributed by atoms with van der Waals surface area (Å²) in [4.78, 5) is 0. The van der Waals surface area contributed by atoms with Gasteiger partial charge in [-0.2, -0.15) is 13.2 Å². The molecule has 0 bridgehead atoms. The van der Waals surface area contributed by atoms with Crippen LogP contribution >= 0.6 is 11.3 Å². The summed E-state index contributed by atoms with van der Waals surface area (Å²) >= 11 is 0.500. The van der Waals surface area contributed by atoms with Gasteiger partial charge in [-0.05, 0) is 6.42 Å².